The Morgan fingerprint density at radius 1 is 1.42 bits per heavy atom. The van der Waals surface area contributed by atoms with Gasteiger partial charge in [0.15, 0.2) is 5.82 Å². The van der Waals surface area contributed by atoms with Crippen molar-refractivity contribution in [2.24, 2.45) is 0 Å². The van der Waals surface area contributed by atoms with Gasteiger partial charge in [-0.2, -0.15) is 4.98 Å². The maximum atomic E-state index is 11.1. The molecule has 8 nitrogen and oxygen atoms in total. The zero-order chi connectivity index (χ0) is 17.3. The predicted molar refractivity (Wildman–Crippen MR) is 89.3 cm³/mol. The van der Waals surface area contributed by atoms with Crippen LogP contribution in [0.5, 0.6) is 6.01 Å². The van der Waals surface area contributed by atoms with E-state index in [-0.39, 0.29) is 12.1 Å². The van der Waals surface area contributed by atoms with Crippen molar-refractivity contribution < 1.29 is 9.84 Å². The van der Waals surface area contributed by atoms with E-state index in [1.807, 2.05) is 18.7 Å². The van der Waals surface area contributed by atoms with Gasteiger partial charge in [0.1, 0.15) is 16.3 Å². The fourth-order valence-corrected chi connectivity index (χ4v) is 3.04. The minimum Gasteiger partial charge on any atom is -0.467 e. The molecule has 1 aliphatic rings. The van der Waals surface area contributed by atoms with Gasteiger partial charge in [0, 0.05) is 12.6 Å². The van der Waals surface area contributed by atoms with Crippen molar-refractivity contribution in [3.63, 3.8) is 0 Å². The fraction of sp³-hybridized carbons (Fsp3) is 0.600. The van der Waals surface area contributed by atoms with Crippen molar-refractivity contribution in [1.82, 2.24) is 25.0 Å². The van der Waals surface area contributed by atoms with E-state index in [0.29, 0.717) is 29.5 Å². The van der Waals surface area contributed by atoms with E-state index in [4.69, 9.17) is 16.3 Å². The third-order valence-corrected chi connectivity index (χ3v) is 4.44. The molecule has 0 aliphatic carbocycles. The van der Waals surface area contributed by atoms with Gasteiger partial charge >= 0.3 is 6.01 Å². The Labute approximate surface area is 145 Å². The lowest BCUT2D eigenvalue weighted by Gasteiger charge is -2.38. The molecular formula is C15H21ClN6O2. The van der Waals surface area contributed by atoms with E-state index in [1.54, 1.807) is 10.9 Å². The van der Waals surface area contributed by atoms with Gasteiger partial charge in [0.05, 0.1) is 26.0 Å². The lowest BCUT2D eigenvalue weighted by Crippen LogP contribution is -2.47. The largest absolute Gasteiger partial charge is 0.467 e. The summed E-state index contributed by atoms with van der Waals surface area (Å²) in [6, 6.07) is 0.435. The molecule has 1 N–H and O–H groups in total. The van der Waals surface area contributed by atoms with Gasteiger partial charge in [0.2, 0.25) is 0 Å². The molecule has 130 valence electrons. The van der Waals surface area contributed by atoms with Crippen LogP contribution < -0.4 is 9.64 Å². The summed E-state index contributed by atoms with van der Waals surface area (Å²) in [5.41, 5.74) is -0.523. The Kier molecular flexibility index (Phi) is 4.60. The van der Waals surface area contributed by atoms with Gasteiger partial charge < -0.3 is 14.7 Å². The monoisotopic (exact) mass is 352 g/mol. The van der Waals surface area contributed by atoms with Gasteiger partial charge in [-0.05, 0) is 26.7 Å². The Bertz CT molecular complexity index is 722. The summed E-state index contributed by atoms with van der Waals surface area (Å²) in [6.45, 7) is 5.11. The number of hydrogen-bond donors (Lipinski definition) is 1. The van der Waals surface area contributed by atoms with Crippen LogP contribution in [0.1, 0.15) is 38.4 Å². The molecule has 0 saturated carbocycles. The van der Waals surface area contributed by atoms with Crippen LogP contribution in [0.3, 0.4) is 0 Å². The Hall–Kier alpha value is -1.93. The molecule has 9 heteroatoms. The summed E-state index contributed by atoms with van der Waals surface area (Å²) in [7, 11) is 1.50. The van der Waals surface area contributed by atoms with Crippen molar-refractivity contribution in [3.05, 3.63) is 23.1 Å². The van der Waals surface area contributed by atoms with E-state index < -0.39 is 5.60 Å². The minimum absolute atomic E-state index is 0.190. The maximum Gasteiger partial charge on any atom is 0.318 e. The highest BCUT2D eigenvalue weighted by Crippen LogP contribution is 2.35. The summed E-state index contributed by atoms with van der Waals surface area (Å²) < 4.78 is 6.81. The molecule has 0 spiro atoms. The normalized spacial score (nSPS) is 21.3. The first kappa shape index (κ1) is 16.9. The second-order valence-electron chi connectivity index (χ2n) is 6.26. The van der Waals surface area contributed by atoms with Crippen LogP contribution in [-0.4, -0.2) is 50.3 Å². The van der Waals surface area contributed by atoms with Crippen LogP contribution in [-0.2, 0) is 5.60 Å². The second kappa shape index (κ2) is 6.52. The lowest BCUT2D eigenvalue weighted by molar-refractivity contribution is 0.0174. The van der Waals surface area contributed by atoms with E-state index in [2.05, 4.69) is 20.3 Å². The molecule has 1 saturated heterocycles. The van der Waals surface area contributed by atoms with Gasteiger partial charge in [-0.25, -0.2) is 9.67 Å². The van der Waals surface area contributed by atoms with E-state index in [0.717, 1.165) is 13.0 Å². The van der Waals surface area contributed by atoms with Crippen LogP contribution in [0.2, 0.25) is 5.02 Å². The number of hydrogen-bond acceptors (Lipinski definition) is 7. The van der Waals surface area contributed by atoms with Gasteiger partial charge in [-0.1, -0.05) is 16.8 Å². The first-order valence-electron chi connectivity index (χ1n) is 7.89. The van der Waals surface area contributed by atoms with Crippen LogP contribution in [0, 0.1) is 0 Å². The first-order valence-corrected chi connectivity index (χ1v) is 8.27. The number of piperidine rings is 1. The molecule has 0 bridgehead atoms. The fourth-order valence-electron chi connectivity index (χ4n) is 2.83. The van der Waals surface area contributed by atoms with Gasteiger partial charge in [-0.3, -0.25) is 0 Å². The highest BCUT2D eigenvalue weighted by Gasteiger charge is 2.38. The molecule has 3 rings (SSSR count). The van der Waals surface area contributed by atoms with Gasteiger partial charge in [-0.15, -0.1) is 5.10 Å². The average molecular weight is 353 g/mol. The highest BCUT2D eigenvalue weighted by molar-refractivity contribution is 6.32. The van der Waals surface area contributed by atoms with Crippen molar-refractivity contribution in [2.75, 3.05) is 25.1 Å². The maximum absolute atomic E-state index is 11.1. The number of nitrogens with zero attached hydrogens (tertiary/aromatic N) is 6. The molecule has 1 fully saturated rings. The Balaban J connectivity index is 1.88. The van der Waals surface area contributed by atoms with E-state index in [1.165, 1.54) is 13.3 Å². The number of anilines is 1. The summed E-state index contributed by atoms with van der Waals surface area (Å²) >= 11 is 6.24. The number of methoxy groups -OCH3 is 1. The number of β-amino-alcohol motifs (C(OH)–C–C–N with tert-alkyl or cyclic N) is 1. The van der Waals surface area contributed by atoms with Crippen molar-refractivity contribution in [3.8, 4) is 6.01 Å². The third-order valence-electron chi connectivity index (χ3n) is 4.17. The molecule has 0 amide bonds. The van der Waals surface area contributed by atoms with Crippen molar-refractivity contribution in [1.29, 1.82) is 0 Å². The first-order chi connectivity index (χ1) is 11.4. The zero-order valence-corrected chi connectivity index (χ0v) is 14.7. The molecule has 1 aliphatic heterocycles. The number of halogens is 1. The molecule has 2 aromatic heterocycles. The highest BCUT2D eigenvalue weighted by atomic mass is 35.5. The van der Waals surface area contributed by atoms with Crippen molar-refractivity contribution in [2.45, 2.75) is 38.3 Å². The molecule has 1 atom stereocenters. The summed E-state index contributed by atoms with van der Waals surface area (Å²) in [4.78, 5) is 10.2. The molecular weight excluding hydrogens is 332 g/mol. The van der Waals surface area contributed by atoms with E-state index >= 15 is 0 Å². The molecule has 2 aromatic rings. The number of aliphatic hydroxyl groups is 1. The average Bonchev–Trinajstić information content (AvgIpc) is 3.06. The second-order valence-corrected chi connectivity index (χ2v) is 6.67. The molecule has 0 aromatic carbocycles. The quantitative estimate of drug-likeness (QED) is 0.897. The summed E-state index contributed by atoms with van der Waals surface area (Å²) in [5.74, 6) is 0.554. The third kappa shape index (κ3) is 3.16. The van der Waals surface area contributed by atoms with Gasteiger partial charge in [0.25, 0.3) is 0 Å². The number of ether oxygens (including phenoxy) is 1. The minimum atomic E-state index is -1.09. The summed E-state index contributed by atoms with van der Waals surface area (Å²) in [6.07, 6.45) is 4.70. The molecule has 24 heavy (non-hydrogen) atoms. The Morgan fingerprint density at radius 3 is 2.88 bits per heavy atom. The number of rotatable bonds is 4. The van der Waals surface area contributed by atoms with Crippen LogP contribution in [0.25, 0.3) is 0 Å². The Morgan fingerprint density at radius 2 is 2.21 bits per heavy atom. The molecule has 0 radical (unpaired) electrons. The summed E-state index contributed by atoms with van der Waals surface area (Å²) in [5, 5.41) is 19.8. The lowest BCUT2D eigenvalue weighted by atomic mass is 9.90. The van der Waals surface area contributed by atoms with E-state index in [9.17, 15) is 5.11 Å². The van der Waals surface area contributed by atoms with Crippen LogP contribution in [0.4, 0.5) is 5.82 Å². The smallest absolute Gasteiger partial charge is 0.318 e. The SMILES string of the molecule is COc1ncc(Cl)c(N2CCC[C@@](O)(c3cn(C(C)C)nn3)C2)n1. The molecule has 3 heterocycles. The number of aromatic nitrogens is 5. The standard InChI is InChI=1S/C15H21ClN6O2/c1-10(2)22-8-12(19-20-22)15(23)5-4-6-21(9-15)13-11(16)7-17-14(18-13)24-3/h7-8,10,23H,4-6,9H2,1-3H3/t15-/m0/s1. The van der Waals surface area contributed by atoms with Crippen LogP contribution in [0.15, 0.2) is 12.4 Å². The topological polar surface area (TPSA) is 89.2 Å². The van der Waals surface area contributed by atoms with Crippen molar-refractivity contribution >= 4 is 17.4 Å². The zero-order valence-electron chi connectivity index (χ0n) is 14.0. The predicted octanol–water partition coefficient (Wildman–Crippen LogP) is 1.80. The van der Waals surface area contributed by atoms with Crippen LogP contribution >= 0.6 is 11.6 Å². The molecule has 0 unspecified atom stereocenters.